The van der Waals surface area contributed by atoms with Crippen LogP contribution >= 0.6 is 0 Å². The minimum absolute atomic E-state index is 0.129. The quantitative estimate of drug-likeness (QED) is 0.822. The molecule has 0 saturated carbocycles. The summed E-state index contributed by atoms with van der Waals surface area (Å²) in [5, 5.41) is 10.2. The maximum atomic E-state index is 13.6. The predicted molar refractivity (Wildman–Crippen MR) is 66.3 cm³/mol. The molecule has 0 fully saturated rings. The maximum absolute atomic E-state index is 13.6. The van der Waals surface area contributed by atoms with Crippen LogP contribution in [-0.2, 0) is 9.53 Å². The van der Waals surface area contributed by atoms with Crippen LogP contribution in [0.1, 0.15) is 32.4 Å². The highest BCUT2D eigenvalue weighted by Gasteiger charge is 2.33. The molecule has 1 rings (SSSR count). The number of esters is 1. The third-order valence-electron chi connectivity index (χ3n) is 2.84. The molecular formula is C14H19FO3. The summed E-state index contributed by atoms with van der Waals surface area (Å²) in [6, 6.07) is 5.92. The standard InChI is InChI=1S/C14H19FO3/c1-4-18-14(17)12(9(2)3)13(16)10-7-5-6-8-11(10)15/h5-9,12-13,16H,4H2,1-3H3. The van der Waals surface area contributed by atoms with Gasteiger partial charge in [0.05, 0.1) is 18.6 Å². The third-order valence-corrected chi connectivity index (χ3v) is 2.84. The molecule has 0 heterocycles. The van der Waals surface area contributed by atoms with Crippen molar-refractivity contribution in [3.63, 3.8) is 0 Å². The molecule has 3 nitrogen and oxygen atoms in total. The minimum Gasteiger partial charge on any atom is -0.466 e. The van der Waals surface area contributed by atoms with E-state index in [1.165, 1.54) is 12.1 Å². The Morgan fingerprint density at radius 1 is 1.39 bits per heavy atom. The molecular weight excluding hydrogens is 235 g/mol. The molecule has 0 radical (unpaired) electrons. The molecule has 0 saturated heterocycles. The molecule has 0 aliphatic carbocycles. The fraction of sp³-hybridized carbons (Fsp3) is 0.500. The van der Waals surface area contributed by atoms with E-state index in [4.69, 9.17) is 4.74 Å². The summed E-state index contributed by atoms with van der Waals surface area (Å²) in [6.45, 7) is 5.54. The number of aliphatic hydroxyl groups excluding tert-OH is 1. The maximum Gasteiger partial charge on any atom is 0.312 e. The Balaban J connectivity index is 3.00. The normalized spacial score (nSPS) is 14.3. The highest BCUT2D eigenvalue weighted by atomic mass is 19.1. The van der Waals surface area contributed by atoms with Gasteiger partial charge in [-0.15, -0.1) is 0 Å². The predicted octanol–water partition coefficient (Wildman–Crippen LogP) is 2.69. The number of hydrogen-bond acceptors (Lipinski definition) is 3. The van der Waals surface area contributed by atoms with E-state index >= 15 is 0 Å². The summed E-state index contributed by atoms with van der Waals surface area (Å²) in [5.41, 5.74) is 0.129. The van der Waals surface area contributed by atoms with Gasteiger partial charge in [0.15, 0.2) is 0 Å². The van der Waals surface area contributed by atoms with Crippen molar-refractivity contribution in [1.29, 1.82) is 0 Å². The van der Waals surface area contributed by atoms with E-state index in [1.807, 2.05) is 0 Å². The van der Waals surface area contributed by atoms with Crippen LogP contribution in [0.5, 0.6) is 0 Å². The summed E-state index contributed by atoms with van der Waals surface area (Å²) in [6.07, 6.45) is -1.19. The zero-order chi connectivity index (χ0) is 13.7. The second-order valence-electron chi connectivity index (χ2n) is 4.49. The monoisotopic (exact) mass is 254 g/mol. The van der Waals surface area contributed by atoms with Gasteiger partial charge in [0.1, 0.15) is 5.82 Å². The second kappa shape index (κ2) is 6.50. The van der Waals surface area contributed by atoms with Gasteiger partial charge in [-0.05, 0) is 18.9 Å². The molecule has 100 valence electrons. The number of carbonyl (C=O) groups excluding carboxylic acids is 1. The number of halogens is 1. The molecule has 4 heteroatoms. The Kier molecular flexibility index (Phi) is 5.28. The van der Waals surface area contributed by atoms with Crippen LogP contribution in [0.3, 0.4) is 0 Å². The fourth-order valence-corrected chi connectivity index (χ4v) is 1.91. The molecule has 1 aromatic rings. The van der Waals surface area contributed by atoms with Crippen LogP contribution in [0.4, 0.5) is 4.39 Å². The molecule has 0 bridgehead atoms. The molecule has 1 aromatic carbocycles. The summed E-state index contributed by atoms with van der Waals surface area (Å²) in [5.74, 6) is -1.91. The number of benzene rings is 1. The summed E-state index contributed by atoms with van der Waals surface area (Å²) < 4.78 is 18.5. The van der Waals surface area contributed by atoms with Crippen molar-refractivity contribution in [2.45, 2.75) is 26.9 Å². The van der Waals surface area contributed by atoms with E-state index < -0.39 is 23.8 Å². The van der Waals surface area contributed by atoms with Gasteiger partial charge in [-0.25, -0.2) is 4.39 Å². The van der Waals surface area contributed by atoms with Crippen LogP contribution < -0.4 is 0 Å². The molecule has 2 unspecified atom stereocenters. The number of hydrogen-bond donors (Lipinski definition) is 1. The first kappa shape index (κ1) is 14.6. The summed E-state index contributed by atoms with van der Waals surface area (Å²) in [4.78, 5) is 11.8. The molecule has 0 aliphatic rings. The molecule has 0 aromatic heterocycles. The average molecular weight is 254 g/mol. The Bertz CT molecular complexity index is 404. The zero-order valence-electron chi connectivity index (χ0n) is 10.9. The highest BCUT2D eigenvalue weighted by molar-refractivity contribution is 5.73. The average Bonchev–Trinajstić information content (AvgIpc) is 2.29. The van der Waals surface area contributed by atoms with Gasteiger partial charge in [-0.2, -0.15) is 0 Å². The van der Waals surface area contributed by atoms with Crippen molar-refractivity contribution in [2.75, 3.05) is 6.61 Å². The largest absolute Gasteiger partial charge is 0.466 e. The topological polar surface area (TPSA) is 46.5 Å². The van der Waals surface area contributed by atoms with Crippen LogP contribution in [0, 0.1) is 17.7 Å². The van der Waals surface area contributed by atoms with E-state index in [2.05, 4.69) is 0 Å². The zero-order valence-corrected chi connectivity index (χ0v) is 10.9. The van der Waals surface area contributed by atoms with Crippen molar-refractivity contribution in [3.05, 3.63) is 35.6 Å². The first-order valence-corrected chi connectivity index (χ1v) is 6.08. The SMILES string of the molecule is CCOC(=O)C(C(C)C)C(O)c1ccccc1F. The van der Waals surface area contributed by atoms with Gasteiger partial charge in [0.25, 0.3) is 0 Å². The van der Waals surface area contributed by atoms with E-state index in [-0.39, 0.29) is 18.1 Å². The Morgan fingerprint density at radius 3 is 2.50 bits per heavy atom. The molecule has 0 aliphatic heterocycles. The van der Waals surface area contributed by atoms with Crippen LogP contribution in [0.2, 0.25) is 0 Å². The van der Waals surface area contributed by atoms with Gasteiger partial charge in [-0.3, -0.25) is 4.79 Å². The van der Waals surface area contributed by atoms with Crippen LogP contribution in [-0.4, -0.2) is 17.7 Å². The van der Waals surface area contributed by atoms with Crippen molar-refractivity contribution in [2.24, 2.45) is 11.8 Å². The van der Waals surface area contributed by atoms with Crippen LogP contribution in [0.25, 0.3) is 0 Å². The van der Waals surface area contributed by atoms with E-state index in [1.54, 1.807) is 32.9 Å². The first-order chi connectivity index (χ1) is 8.49. The first-order valence-electron chi connectivity index (χ1n) is 6.08. The van der Waals surface area contributed by atoms with Crippen molar-refractivity contribution >= 4 is 5.97 Å². The molecule has 2 atom stereocenters. The lowest BCUT2D eigenvalue weighted by atomic mass is 9.86. The smallest absolute Gasteiger partial charge is 0.312 e. The highest BCUT2D eigenvalue weighted by Crippen LogP contribution is 2.30. The molecule has 1 N–H and O–H groups in total. The number of carbonyl (C=O) groups is 1. The lowest BCUT2D eigenvalue weighted by Gasteiger charge is -2.25. The Labute approximate surface area is 107 Å². The van der Waals surface area contributed by atoms with Gasteiger partial charge in [-0.1, -0.05) is 32.0 Å². The van der Waals surface area contributed by atoms with Crippen molar-refractivity contribution in [1.82, 2.24) is 0 Å². The fourth-order valence-electron chi connectivity index (χ4n) is 1.91. The lowest BCUT2D eigenvalue weighted by molar-refractivity contribution is -0.154. The molecule has 18 heavy (non-hydrogen) atoms. The number of rotatable bonds is 5. The number of aliphatic hydroxyl groups is 1. The van der Waals surface area contributed by atoms with E-state index in [9.17, 15) is 14.3 Å². The van der Waals surface area contributed by atoms with E-state index in [0.29, 0.717) is 0 Å². The van der Waals surface area contributed by atoms with Crippen molar-refractivity contribution < 1.29 is 19.0 Å². The third kappa shape index (κ3) is 3.29. The van der Waals surface area contributed by atoms with Gasteiger partial charge < -0.3 is 9.84 Å². The Hall–Kier alpha value is -1.42. The summed E-state index contributed by atoms with van der Waals surface area (Å²) >= 11 is 0. The van der Waals surface area contributed by atoms with Crippen molar-refractivity contribution in [3.8, 4) is 0 Å². The molecule has 0 spiro atoms. The minimum atomic E-state index is -1.19. The summed E-state index contributed by atoms with van der Waals surface area (Å²) in [7, 11) is 0. The van der Waals surface area contributed by atoms with E-state index in [0.717, 1.165) is 0 Å². The van der Waals surface area contributed by atoms with Gasteiger partial charge in [0, 0.05) is 5.56 Å². The second-order valence-corrected chi connectivity index (χ2v) is 4.49. The van der Waals surface area contributed by atoms with Crippen LogP contribution in [0.15, 0.2) is 24.3 Å². The molecule has 0 amide bonds. The van der Waals surface area contributed by atoms with Gasteiger partial charge in [0.2, 0.25) is 0 Å². The van der Waals surface area contributed by atoms with Gasteiger partial charge >= 0.3 is 5.97 Å². The lowest BCUT2D eigenvalue weighted by Crippen LogP contribution is -2.29. The number of ether oxygens (including phenoxy) is 1. The Morgan fingerprint density at radius 2 is 2.00 bits per heavy atom.